The molecule has 1 aromatic carbocycles. The van der Waals surface area contributed by atoms with Crippen molar-refractivity contribution in [1.82, 2.24) is 14.6 Å². The van der Waals surface area contributed by atoms with Crippen LogP contribution < -0.4 is 0 Å². The second kappa shape index (κ2) is 5.46. The van der Waals surface area contributed by atoms with Crippen LogP contribution in [0.1, 0.15) is 27.1 Å². The van der Waals surface area contributed by atoms with Crippen LogP contribution in [-0.2, 0) is 0 Å². The van der Waals surface area contributed by atoms with Crippen LogP contribution in [0, 0.1) is 0 Å². The minimum absolute atomic E-state index is 0.250. The number of aromatic nitrogens is 3. The molecule has 0 N–H and O–H groups in total. The van der Waals surface area contributed by atoms with E-state index in [1.54, 1.807) is 47.4 Å². The lowest BCUT2D eigenvalue weighted by atomic mass is 10.0. The van der Waals surface area contributed by atoms with Crippen molar-refractivity contribution in [3.05, 3.63) is 65.2 Å². The molecule has 0 aliphatic rings. The van der Waals surface area contributed by atoms with Gasteiger partial charge in [0.25, 0.3) is 0 Å². The highest BCUT2D eigenvalue weighted by atomic mass is 35.5. The number of ketones is 2. The van der Waals surface area contributed by atoms with Gasteiger partial charge in [0.2, 0.25) is 0 Å². The molecule has 21 heavy (non-hydrogen) atoms. The van der Waals surface area contributed by atoms with Gasteiger partial charge in [-0.25, -0.2) is 4.52 Å². The summed E-state index contributed by atoms with van der Waals surface area (Å²) in [6.07, 6.45) is 5.95. The molecule has 0 amide bonds. The van der Waals surface area contributed by atoms with Crippen molar-refractivity contribution in [2.75, 3.05) is 0 Å². The van der Waals surface area contributed by atoms with Crippen LogP contribution in [0.3, 0.4) is 0 Å². The molecule has 5 nitrogen and oxygen atoms in total. The van der Waals surface area contributed by atoms with Gasteiger partial charge in [-0.1, -0.05) is 23.7 Å². The van der Waals surface area contributed by atoms with E-state index >= 15 is 0 Å². The third-order valence-electron chi connectivity index (χ3n) is 3.12. The van der Waals surface area contributed by atoms with E-state index in [4.69, 9.17) is 11.6 Å². The number of halogens is 1. The molecule has 104 valence electrons. The van der Waals surface area contributed by atoms with Crippen LogP contribution in [0.4, 0.5) is 0 Å². The van der Waals surface area contributed by atoms with Crippen molar-refractivity contribution >= 4 is 28.7 Å². The fourth-order valence-electron chi connectivity index (χ4n) is 2.07. The average Bonchev–Trinajstić information content (AvgIpc) is 2.91. The SMILES string of the molecule is O=C(CC(=O)c1cnn2ccncc12)c1ccccc1Cl. The molecule has 0 bridgehead atoms. The van der Waals surface area contributed by atoms with E-state index in [0.717, 1.165) is 0 Å². The van der Waals surface area contributed by atoms with Crippen LogP contribution in [0.25, 0.3) is 5.52 Å². The number of nitrogens with zero attached hydrogens (tertiary/aromatic N) is 3. The van der Waals surface area contributed by atoms with E-state index in [9.17, 15) is 9.59 Å². The van der Waals surface area contributed by atoms with Crippen molar-refractivity contribution in [1.29, 1.82) is 0 Å². The van der Waals surface area contributed by atoms with Gasteiger partial charge in [-0.15, -0.1) is 0 Å². The minimum Gasteiger partial charge on any atom is -0.294 e. The first-order chi connectivity index (χ1) is 10.2. The molecule has 0 unspecified atom stereocenters. The van der Waals surface area contributed by atoms with Gasteiger partial charge in [-0.2, -0.15) is 5.10 Å². The Bertz CT molecular complexity index is 842. The summed E-state index contributed by atoms with van der Waals surface area (Å²) in [6, 6.07) is 6.68. The second-order valence-electron chi connectivity index (χ2n) is 4.47. The molecular formula is C15H10ClN3O2. The standard InChI is InChI=1S/C15H10ClN3O2/c16-12-4-2-1-3-10(12)14(20)7-15(21)11-8-18-19-6-5-17-9-13(11)19/h1-6,8-9H,7H2. The number of hydrogen-bond acceptors (Lipinski definition) is 4. The lowest BCUT2D eigenvalue weighted by Crippen LogP contribution is -2.09. The zero-order valence-corrected chi connectivity index (χ0v) is 11.6. The topological polar surface area (TPSA) is 64.3 Å². The molecular weight excluding hydrogens is 290 g/mol. The number of rotatable bonds is 4. The summed E-state index contributed by atoms with van der Waals surface area (Å²) < 4.78 is 1.54. The average molecular weight is 300 g/mol. The van der Waals surface area contributed by atoms with Crippen LogP contribution in [-0.4, -0.2) is 26.2 Å². The van der Waals surface area contributed by atoms with Crippen LogP contribution in [0.5, 0.6) is 0 Å². The van der Waals surface area contributed by atoms with Crippen molar-refractivity contribution in [2.24, 2.45) is 0 Å². The summed E-state index contributed by atoms with van der Waals surface area (Å²) in [7, 11) is 0. The molecule has 0 aliphatic carbocycles. The van der Waals surface area contributed by atoms with Gasteiger partial charge in [-0.05, 0) is 12.1 Å². The number of carbonyl (C=O) groups is 2. The molecule has 0 saturated heterocycles. The molecule has 0 aliphatic heterocycles. The Morgan fingerprint density at radius 3 is 2.67 bits per heavy atom. The summed E-state index contributed by atoms with van der Waals surface area (Å²) in [4.78, 5) is 28.4. The van der Waals surface area contributed by atoms with E-state index in [1.807, 2.05) is 0 Å². The molecule has 6 heteroatoms. The Morgan fingerprint density at radius 1 is 1.10 bits per heavy atom. The van der Waals surface area contributed by atoms with E-state index < -0.39 is 0 Å². The molecule has 0 spiro atoms. The Labute approximate surface area is 125 Å². The fraction of sp³-hybridized carbons (Fsp3) is 0.0667. The maximum absolute atomic E-state index is 12.3. The van der Waals surface area contributed by atoms with Crippen LogP contribution >= 0.6 is 11.6 Å². The van der Waals surface area contributed by atoms with Gasteiger partial charge < -0.3 is 0 Å². The number of carbonyl (C=O) groups excluding carboxylic acids is 2. The van der Waals surface area contributed by atoms with Crippen molar-refractivity contribution in [3.8, 4) is 0 Å². The molecule has 0 saturated carbocycles. The minimum atomic E-state index is -0.311. The molecule has 2 heterocycles. The number of Topliss-reactive ketones (excluding diaryl/α,β-unsaturated/α-hetero) is 2. The van der Waals surface area contributed by atoms with E-state index in [0.29, 0.717) is 21.7 Å². The van der Waals surface area contributed by atoms with Gasteiger partial charge in [0, 0.05) is 18.0 Å². The molecule has 2 aromatic heterocycles. The van der Waals surface area contributed by atoms with E-state index in [2.05, 4.69) is 10.1 Å². The number of hydrogen-bond donors (Lipinski definition) is 0. The summed E-state index contributed by atoms with van der Waals surface area (Å²) in [5.41, 5.74) is 1.31. The Hall–Kier alpha value is -2.53. The summed E-state index contributed by atoms with van der Waals surface area (Å²) in [5, 5.41) is 4.40. The van der Waals surface area contributed by atoms with E-state index in [-0.39, 0.29) is 18.0 Å². The summed E-state index contributed by atoms with van der Waals surface area (Å²) in [5.74, 6) is -0.614. The highest BCUT2D eigenvalue weighted by molar-refractivity contribution is 6.34. The van der Waals surface area contributed by atoms with Crippen LogP contribution in [0.2, 0.25) is 5.02 Å². The third kappa shape index (κ3) is 2.55. The maximum atomic E-state index is 12.3. The number of benzene rings is 1. The third-order valence-corrected chi connectivity index (χ3v) is 3.45. The van der Waals surface area contributed by atoms with Crippen LogP contribution in [0.15, 0.2) is 49.1 Å². The highest BCUT2D eigenvalue weighted by Gasteiger charge is 2.18. The zero-order valence-electron chi connectivity index (χ0n) is 10.9. The normalized spacial score (nSPS) is 10.7. The summed E-state index contributed by atoms with van der Waals surface area (Å²) in [6.45, 7) is 0. The highest BCUT2D eigenvalue weighted by Crippen LogP contribution is 2.19. The quantitative estimate of drug-likeness (QED) is 0.549. The zero-order chi connectivity index (χ0) is 14.8. The summed E-state index contributed by atoms with van der Waals surface area (Å²) >= 11 is 5.96. The number of fused-ring (bicyclic) bond motifs is 1. The Balaban J connectivity index is 1.87. The second-order valence-corrected chi connectivity index (χ2v) is 4.87. The lowest BCUT2D eigenvalue weighted by molar-refractivity contribution is 0.0895. The van der Waals surface area contributed by atoms with Gasteiger partial charge in [0.15, 0.2) is 11.6 Å². The Kier molecular flexibility index (Phi) is 3.50. The monoisotopic (exact) mass is 299 g/mol. The molecule has 0 atom stereocenters. The first-order valence-electron chi connectivity index (χ1n) is 6.25. The first-order valence-corrected chi connectivity index (χ1v) is 6.63. The maximum Gasteiger partial charge on any atom is 0.174 e. The van der Waals surface area contributed by atoms with Gasteiger partial charge >= 0.3 is 0 Å². The van der Waals surface area contributed by atoms with Crippen molar-refractivity contribution < 1.29 is 9.59 Å². The molecule has 3 aromatic rings. The largest absolute Gasteiger partial charge is 0.294 e. The predicted octanol–water partition coefficient (Wildman–Crippen LogP) is 2.84. The molecule has 0 fully saturated rings. The Morgan fingerprint density at radius 2 is 1.86 bits per heavy atom. The van der Waals surface area contributed by atoms with E-state index in [1.165, 1.54) is 6.20 Å². The predicted molar refractivity (Wildman–Crippen MR) is 77.7 cm³/mol. The first kappa shape index (κ1) is 13.5. The van der Waals surface area contributed by atoms with Gasteiger partial charge in [-0.3, -0.25) is 14.6 Å². The van der Waals surface area contributed by atoms with Gasteiger partial charge in [0.05, 0.1) is 34.9 Å². The smallest absolute Gasteiger partial charge is 0.174 e. The van der Waals surface area contributed by atoms with Crippen molar-refractivity contribution in [2.45, 2.75) is 6.42 Å². The van der Waals surface area contributed by atoms with Gasteiger partial charge in [0.1, 0.15) is 0 Å². The lowest BCUT2D eigenvalue weighted by Gasteiger charge is -2.02. The molecule has 0 radical (unpaired) electrons. The fourth-order valence-corrected chi connectivity index (χ4v) is 2.31. The molecule has 3 rings (SSSR count). The van der Waals surface area contributed by atoms with Crippen molar-refractivity contribution in [3.63, 3.8) is 0 Å².